The van der Waals surface area contributed by atoms with Gasteiger partial charge in [0, 0.05) is 0 Å². The molecule has 68 valence electrons. The summed E-state index contributed by atoms with van der Waals surface area (Å²) in [6.45, 7) is 0. The molecule has 0 fully saturated rings. The minimum absolute atomic E-state index is 0. The fourth-order valence-electron chi connectivity index (χ4n) is 0. The molecule has 0 spiro atoms. The van der Waals surface area contributed by atoms with Crippen LogP contribution in [0.3, 0.4) is 0 Å². The van der Waals surface area contributed by atoms with E-state index in [1.54, 1.807) is 0 Å². The van der Waals surface area contributed by atoms with Gasteiger partial charge in [-0.2, -0.15) is 0 Å². The summed E-state index contributed by atoms with van der Waals surface area (Å²) < 4.78 is 0. The number of hydrogen-bond acceptors (Lipinski definition) is 0. The molecule has 0 aromatic heterocycles. The molecule has 0 bridgehead atoms. The molecule has 0 saturated heterocycles. The van der Waals surface area contributed by atoms with E-state index in [1.165, 1.54) is 0 Å². The molecule has 0 amide bonds. The van der Waals surface area contributed by atoms with Gasteiger partial charge < -0.3 is 32.9 Å². The molecule has 0 aliphatic heterocycles. The van der Waals surface area contributed by atoms with Gasteiger partial charge in [0.1, 0.15) is 0 Å². The van der Waals surface area contributed by atoms with Crippen LogP contribution >= 0.6 is 0 Å². The third-order valence-electron chi connectivity index (χ3n) is 0. The van der Waals surface area contributed by atoms with Crippen molar-refractivity contribution in [1.29, 1.82) is 0 Å². The summed E-state index contributed by atoms with van der Waals surface area (Å²) in [6, 6.07) is 0. The molecular formula is Fe4O6. The third-order valence-corrected chi connectivity index (χ3v) is 0. The maximum atomic E-state index is 0. The van der Waals surface area contributed by atoms with Crippen LogP contribution in [0.5, 0.6) is 0 Å². The van der Waals surface area contributed by atoms with Crippen LogP contribution in [0.1, 0.15) is 0 Å². The van der Waals surface area contributed by atoms with Crippen LogP contribution in [-0.2, 0) is 101 Å². The molecule has 0 rings (SSSR count). The SMILES string of the molecule is [Fe+3].[Fe+3].[Fe+3].[Fe+3].[O-2].[O-2].[O-2].[O-2].[O-2].[O-2]. The fraction of sp³-hybridized carbons (Fsp3) is 0. The van der Waals surface area contributed by atoms with Gasteiger partial charge in [-0.15, -0.1) is 0 Å². The number of rotatable bonds is 0. The molecular weight excluding hydrogens is 319 g/mol. The molecule has 6 nitrogen and oxygen atoms in total. The molecule has 4 radical (unpaired) electrons. The molecule has 0 unspecified atom stereocenters. The Morgan fingerprint density at radius 3 is 0.200 bits per heavy atom. The van der Waals surface area contributed by atoms with E-state index in [0.29, 0.717) is 0 Å². The summed E-state index contributed by atoms with van der Waals surface area (Å²) in [5, 5.41) is 0. The van der Waals surface area contributed by atoms with Crippen molar-refractivity contribution in [1.82, 2.24) is 0 Å². The first-order valence-corrected chi connectivity index (χ1v) is 0. The summed E-state index contributed by atoms with van der Waals surface area (Å²) in [7, 11) is 0. The monoisotopic (exact) mass is 320 g/mol. The zero-order valence-corrected chi connectivity index (χ0v) is 8.28. The Morgan fingerprint density at radius 1 is 0.200 bits per heavy atom. The van der Waals surface area contributed by atoms with Crippen molar-refractivity contribution in [3.8, 4) is 0 Å². The van der Waals surface area contributed by atoms with Crippen LogP contribution in [0.15, 0.2) is 0 Å². The Morgan fingerprint density at radius 2 is 0.200 bits per heavy atom. The van der Waals surface area contributed by atoms with Crippen molar-refractivity contribution >= 4 is 0 Å². The predicted molar refractivity (Wildman–Crippen MR) is 4.12 cm³/mol. The van der Waals surface area contributed by atoms with Crippen LogP contribution in [0.25, 0.3) is 0 Å². The Balaban J connectivity index is 0. The predicted octanol–water partition coefficient (Wildman–Crippen LogP) is -0.723. The van der Waals surface area contributed by atoms with E-state index in [2.05, 4.69) is 0 Å². The molecule has 0 heterocycles. The first-order valence-electron chi connectivity index (χ1n) is 0. The van der Waals surface area contributed by atoms with Crippen molar-refractivity contribution in [2.75, 3.05) is 0 Å². The largest absolute Gasteiger partial charge is 3.00 e. The zero-order valence-electron chi connectivity index (χ0n) is 3.86. The van der Waals surface area contributed by atoms with Gasteiger partial charge in [0.2, 0.25) is 0 Å². The average molecular weight is 319 g/mol. The molecule has 10 heavy (non-hydrogen) atoms. The standard InChI is InChI=1S/4Fe.6O/q4*+3;6*-2. The van der Waals surface area contributed by atoms with Crippen molar-refractivity contribution < 1.29 is 101 Å². The molecule has 0 N–H and O–H groups in total. The van der Waals surface area contributed by atoms with Crippen molar-refractivity contribution in [2.24, 2.45) is 0 Å². The van der Waals surface area contributed by atoms with Gasteiger partial charge in [0.15, 0.2) is 0 Å². The summed E-state index contributed by atoms with van der Waals surface area (Å²) in [6.07, 6.45) is 0. The van der Waals surface area contributed by atoms with E-state index < -0.39 is 0 Å². The zero-order chi connectivity index (χ0) is 0. The smallest absolute Gasteiger partial charge is 2.00 e. The van der Waals surface area contributed by atoms with Crippen molar-refractivity contribution in [2.45, 2.75) is 0 Å². The molecule has 0 aromatic rings. The molecule has 0 aliphatic rings. The van der Waals surface area contributed by atoms with Crippen LogP contribution in [-0.4, -0.2) is 0 Å². The van der Waals surface area contributed by atoms with Crippen LogP contribution in [0.4, 0.5) is 0 Å². The molecule has 10 heteroatoms. The van der Waals surface area contributed by atoms with E-state index in [1.807, 2.05) is 0 Å². The normalized spacial score (nSPS) is 0. The van der Waals surface area contributed by atoms with Gasteiger partial charge in [-0.05, 0) is 0 Å². The van der Waals surface area contributed by atoms with Gasteiger partial charge >= 0.3 is 68.3 Å². The van der Waals surface area contributed by atoms with Gasteiger partial charge in [-0.1, -0.05) is 0 Å². The van der Waals surface area contributed by atoms with E-state index in [0.717, 1.165) is 0 Å². The van der Waals surface area contributed by atoms with Gasteiger partial charge in [0.05, 0.1) is 0 Å². The maximum absolute atomic E-state index is 0. The number of hydrogen-bond donors (Lipinski definition) is 0. The quantitative estimate of drug-likeness (QED) is 0.513. The maximum Gasteiger partial charge on any atom is 3.00 e. The van der Waals surface area contributed by atoms with Gasteiger partial charge in [-0.25, -0.2) is 0 Å². The van der Waals surface area contributed by atoms with Gasteiger partial charge in [0.25, 0.3) is 0 Å². The second kappa shape index (κ2) is 311. The summed E-state index contributed by atoms with van der Waals surface area (Å²) in [5.74, 6) is 0. The third kappa shape index (κ3) is 227. The minimum atomic E-state index is 0. The van der Waals surface area contributed by atoms with Crippen LogP contribution in [0.2, 0.25) is 0 Å². The first kappa shape index (κ1) is 412. The summed E-state index contributed by atoms with van der Waals surface area (Å²) in [4.78, 5) is 0. The average Bonchev–Trinajstić information content (AvgIpc) is 0. The van der Waals surface area contributed by atoms with Crippen molar-refractivity contribution in [3.63, 3.8) is 0 Å². The minimum Gasteiger partial charge on any atom is -2.00 e. The van der Waals surface area contributed by atoms with Crippen LogP contribution in [0, 0.1) is 0 Å². The van der Waals surface area contributed by atoms with E-state index >= 15 is 0 Å². The molecule has 0 aromatic carbocycles. The molecule has 0 aliphatic carbocycles. The van der Waals surface area contributed by atoms with Crippen LogP contribution < -0.4 is 0 Å². The molecule has 0 saturated carbocycles. The first-order chi connectivity index (χ1) is 0. The topological polar surface area (TPSA) is 171 Å². The molecule has 0 atom stereocenters. The Hall–Kier alpha value is 1.84. The summed E-state index contributed by atoms with van der Waals surface area (Å²) in [5.41, 5.74) is 0. The Labute approximate surface area is 101 Å². The van der Waals surface area contributed by atoms with E-state index in [4.69, 9.17) is 0 Å². The summed E-state index contributed by atoms with van der Waals surface area (Å²) >= 11 is 0. The Bertz CT molecular complexity index is 9.71. The van der Waals surface area contributed by atoms with E-state index in [9.17, 15) is 0 Å². The Kier molecular flexibility index (Phi) is 12800. The van der Waals surface area contributed by atoms with Crippen molar-refractivity contribution in [3.05, 3.63) is 0 Å². The second-order valence-electron chi connectivity index (χ2n) is 0. The van der Waals surface area contributed by atoms with Gasteiger partial charge in [-0.3, -0.25) is 0 Å². The van der Waals surface area contributed by atoms with E-state index in [-0.39, 0.29) is 101 Å². The second-order valence-corrected chi connectivity index (χ2v) is 0. The fourth-order valence-corrected chi connectivity index (χ4v) is 0.